The molecule has 0 saturated carbocycles. The van der Waals surface area contributed by atoms with Crippen LogP contribution in [-0.4, -0.2) is 20.3 Å². The van der Waals surface area contributed by atoms with E-state index in [9.17, 15) is 0 Å². The minimum absolute atomic E-state index is 0.0116. The molecular formula is C22H22O2S2. The van der Waals surface area contributed by atoms with Crippen LogP contribution >= 0.6 is 24.4 Å². The Hall–Kier alpha value is -2.56. The molecule has 4 heteroatoms. The fourth-order valence-electron chi connectivity index (χ4n) is 2.00. The fourth-order valence-corrected chi connectivity index (χ4v) is 2.34. The molecule has 2 N–H and O–H groups in total. The molecule has 3 rings (SSSR count). The molecule has 0 amide bonds. The summed E-state index contributed by atoms with van der Waals surface area (Å²) in [4.78, 5) is 0. The van der Waals surface area contributed by atoms with Gasteiger partial charge in [-0.1, -0.05) is 97.9 Å². The predicted octanol–water partition coefficient (Wildman–Crippen LogP) is 6.09. The summed E-state index contributed by atoms with van der Waals surface area (Å²) in [5.74, 6) is 0. The topological polar surface area (TPSA) is 40.5 Å². The van der Waals surface area contributed by atoms with E-state index < -0.39 is 0 Å². The molecule has 0 saturated heterocycles. The van der Waals surface area contributed by atoms with Crippen LogP contribution in [0.3, 0.4) is 0 Å². The van der Waals surface area contributed by atoms with Crippen molar-refractivity contribution in [2.75, 3.05) is 0 Å². The first-order chi connectivity index (χ1) is 12.6. The second kappa shape index (κ2) is 12.8. The molecule has 0 aliphatic carbocycles. The highest BCUT2D eigenvalue weighted by atomic mass is 32.1. The Morgan fingerprint density at radius 3 is 1.42 bits per heavy atom. The van der Waals surface area contributed by atoms with Crippen molar-refractivity contribution in [2.45, 2.75) is 13.3 Å². The summed E-state index contributed by atoms with van der Waals surface area (Å²) in [6, 6.07) is 28.7. The van der Waals surface area contributed by atoms with E-state index in [1.54, 1.807) is 12.1 Å². The molecule has 0 spiro atoms. The number of benzene rings is 3. The van der Waals surface area contributed by atoms with Gasteiger partial charge in [-0.2, -0.15) is 0 Å². The molecule has 0 aliphatic rings. The maximum Gasteiger partial charge on any atom is 0.188 e. The SMILES string of the molecule is CCc1ccccc1C(O)=S.OC(=S)c1ccccc1.c1ccccc1. The molecule has 0 radical (unpaired) electrons. The zero-order chi connectivity index (χ0) is 19.2. The third-order valence-electron chi connectivity index (χ3n) is 3.32. The summed E-state index contributed by atoms with van der Waals surface area (Å²) in [5.41, 5.74) is 2.58. The van der Waals surface area contributed by atoms with E-state index in [2.05, 4.69) is 24.4 Å². The van der Waals surface area contributed by atoms with Gasteiger partial charge in [0.2, 0.25) is 0 Å². The van der Waals surface area contributed by atoms with E-state index in [0.717, 1.165) is 17.5 Å². The van der Waals surface area contributed by atoms with E-state index in [4.69, 9.17) is 10.2 Å². The summed E-state index contributed by atoms with van der Waals surface area (Å²) in [7, 11) is 0. The van der Waals surface area contributed by atoms with Crippen LogP contribution in [0.4, 0.5) is 0 Å². The monoisotopic (exact) mass is 382 g/mol. The lowest BCUT2D eigenvalue weighted by atomic mass is 10.1. The van der Waals surface area contributed by atoms with Crippen LogP contribution in [0.15, 0.2) is 91.0 Å². The smallest absolute Gasteiger partial charge is 0.188 e. The third kappa shape index (κ3) is 8.51. The Kier molecular flexibility index (Phi) is 10.5. The van der Waals surface area contributed by atoms with Crippen molar-refractivity contribution in [1.82, 2.24) is 0 Å². The fraction of sp³-hybridized carbons (Fsp3) is 0.0909. The lowest BCUT2D eigenvalue weighted by Crippen LogP contribution is -1.99. The van der Waals surface area contributed by atoms with Gasteiger partial charge in [0.15, 0.2) is 10.1 Å². The zero-order valence-electron chi connectivity index (χ0n) is 14.6. The summed E-state index contributed by atoms with van der Waals surface area (Å²) < 4.78 is 0. The number of hydrogen-bond donors (Lipinski definition) is 2. The maximum atomic E-state index is 9.07. The van der Waals surface area contributed by atoms with Crippen LogP contribution < -0.4 is 0 Å². The number of aryl methyl sites for hydroxylation is 1. The molecule has 0 bridgehead atoms. The van der Waals surface area contributed by atoms with Crippen LogP contribution in [0.1, 0.15) is 23.6 Å². The predicted molar refractivity (Wildman–Crippen MR) is 117 cm³/mol. The van der Waals surface area contributed by atoms with Gasteiger partial charge in [0.05, 0.1) is 0 Å². The van der Waals surface area contributed by atoms with Crippen LogP contribution in [0.2, 0.25) is 0 Å². The minimum atomic E-state index is -0.0457. The minimum Gasteiger partial charge on any atom is -0.499 e. The van der Waals surface area contributed by atoms with E-state index in [0.29, 0.717) is 5.56 Å². The molecule has 0 fully saturated rings. The van der Waals surface area contributed by atoms with Crippen molar-refractivity contribution in [1.29, 1.82) is 0 Å². The second-order valence-corrected chi connectivity index (χ2v) is 5.92. The van der Waals surface area contributed by atoms with E-state index in [1.807, 2.05) is 85.8 Å². The van der Waals surface area contributed by atoms with E-state index >= 15 is 0 Å². The number of aliphatic hydroxyl groups excluding tert-OH is 2. The van der Waals surface area contributed by atoms with Crippen molar-refractivity contribution in [3.63, 3.8) is 0 Å². The van der Waals surface area contributed by atoms with Gasteiger partial charge in [-0.15, -0.1) is 0 Å². The van der Waals surface area contributed by atoms with Crippen LogP contribution in [-0.2, 0) is 6.42 Å². The lowest BCUT2D eigenvalue weighted by molar-refractivity contribution is 0.570. The molecule has 0 heterocycles. The van der Waals surface area contributed by atoms with Gasteiger partial charge in [0, 0.05) is 11.1 Å². The van der Waals surface area contributed by atoms with Gasteiger partial charge in [0.25, 0.3) is 0 Å². The highest BCUT2D eigenvalue weighted by Crippen LogP contribution is 2.09. The lowest BCUT2D eigenvalue weighted by Gasteiger charge is -2.02. The third-order valence-corrected chi connectivity index (χ3v) is 3.77. The standard InChI is InChI=1S/C9H10OS.C7H6OS.C6H6/c1-2-7-5-3-4-6-8(7)9(10)11;8-7(9)6-4-2-1-3-5-6;1-2-4-6-5-3-1/h3-6H,2H2,1H3,(H,10,11);1-5H,(H,8,9);1-6H. The number of thiocarbonyl (C=S) groups is 2. The van der Waals surface area contributed by atoms with Crippen molar-refractivity contribution in [2.24, 2.45) is 0 Å². The first-order valence-electron chi connectivity index (χ1n) is 8.15. The van der Waals surface area contributed by atoms with Gasteiger partial charge in [-0.05, 0) is 36.4 Å². The van der Waals surface area contributed by atoms with Gasteiger partial charge in [-0.25, -0.2) is 0 Å². The zero-order valence-corrected chi connectivity index (χ0v) is 16.2. The van der Waals surface area contributed by atoms with Crippen LogP contribution in [0.25, 0.3) is 0 Å². The average Bonchev–Trinajstić information content (AvgIpc) is 2.71. The number of aliphatic hydroxyl groups is 2. The van der Waals surface area contributed by atoms with Crippen molar-refractivity contribution >= 4 is 34.5 Å². The number of hydrogen-bond acceptors (Lipinski definition) is 2. The molecule has 0 atom stereocenters. The normalized spacial score (nSPS) is 8.96. The highest BCUT2D eigenvalue weighted by molar-refractivity contribution is 7.80. The largest absolute Gasteiger partial charge is 0.499 e. The van der Waals surface area contributed by atoms with Crippen molar-refractivity contribution < 1.29 is 10.2 Å². The van der Waals surface area contributed by atoms with Crippen molar-refractivity contribution in [3.8, 4) is 0 Å². The molecular weight excluding hydrogens is 360 g/mol. The molecule has 2 nitrogen and oxygen atoms in total. The summed E-state index contributed by atoms with van der Waals surface area (Å²) in [6.07, 6.45) is 0.900. The number of rotatable bonds is 3. The average molecular weight is 383 g/mol. The van der Waals surface area contributed by atoms with E-state index in [-0.39, 0.29) is 10.1 Å². The molecule has 134 valence electrons. The first-order valence-corrected chi connectivity index (χ1v) is 8.97. The second-order valence-electron chi connectivity index (χ2n) is 5.14. The molecule has 0 aromatic heterocycles. The highest BCUT2D eigenvalue weighted by Gasteiger charge is 2.01. The summed E-state index contributed by atoms with van der Waals surface area (Å²) in [5, 5.41) is 17.8. The Labute approximate surface area is 165 Å². The van der Waals surface area contributed by atoms with E-state index in [1.165, 1.54) is 0 Å². The Morgan fingerprint density at radius 2 is 1.08 bits per heavy atom. The molecule has 3 aromatic rings. The van der Waals surface area contributed by atoms with Crippen molar-refractivity contribution in [3.05, 3.63) is 108 Å². The Morgan fingerprint density at radius 1 is 0.654 bits per heavy atom. The molecule has 0 aliphatic heterocycles. The first kappa shape index (κ1) is 21.5. The maximum absolute atomic E-state index is 9.07. The van der Waals surface area contributed by atoms with Crippen LogP contribution in [0.5, 0.6) is 0 Å². The van der Waals surface area contributed by atoms with Gasteiger partial charge >= 0.3 is 0 Å². The van der Waals surface area contributed by atoms with Crippen LogP contribution in [0, 0.1) is 0 Å². The van der Waals surface area contributed by atoms with Gasteiger partial charge < -0.3 is 10.2 Å². The van der Waals surface area contributed by atoms with Gasteiger partial charge in [0.1, 0.15) is 0 Å². The summed E-state index contributed by atoms with van der Waals surface area (Å²) >= 11 is 9.19. The molecule has 3 aromatic carbocycles. The van der Waals surface area contributed by atoms with Gasteiger partial charge in [-0.3, -0.25) is 0 Å². The quantitative estimate of drug-likeness (QED) is 0.538. The molecule has 0 unspecified atom stereocenters. The Bertz CT molecular complexity index is 761. The Balaban J connectivity index is 0.000000203. The molecule has 26 heavy (non-hydrogen) atoms. The summed E-state index contributed by atoms with van der Waals surface area (Å²) in [6.45, 7) is 2.04.